The molecule has 1 atom stereocenters. The van der Waals surface area contributed by atoms with Crippen LogP contribution in [0.4, 0.5) is 19.0 Å². The minimum absolute atomic E-state index is 0.267. The SMILES string of the molecule is CNc1cc(C(=O)NC(C)CC(F)(F)F)ccn1. The molecule has 0 aliphatic heterocycles. The van der Waals surface area contributed by atoms with Crippen LogP contribution in [0.15, 0.2) is 18.3 Å². The van der Waals surface area contributed by atoms with Crippen LogP contribution in [0.5, 0.6) is 0 Å². The fraction of sp³-hybridized carbons (Fsp3) is 0.455. The highest BCUT2D eigenvalue weighted by atomic mass is 19.4. The van der Waals surface area contributed by atoms with Gasteiger partial charge in [-0.15, -0.1) is 0 Å². The van der Waals surface area contributed by atoms with E-state index in [2.05, 4.69) is 15.6 Å². The predicted molar refractivity (Wildman–Crippen MR) is 61.4 cm³/mol. The predicted octanol–water partition coefficient (Wildman–Crippen LogP) is 2.19. The van der Waals surface area contributed by atoms with E-state index >= 15 is 0 Å². The van der Waals surface area contributed by atoms with E-state index in [-0.39, 0.29) is 5.56 Å². The van der Waals surface area contributed by atoms with Crippen molar-refractivity contribution in [2.45, 2.75) is 25.6 Å². The van der Waals surface area contributed by atoms with E-state index in [0.29, 0.717) is 5.82 Å². The Morgan fingerprint density at radius 3 is 2.72 bits per heavy atom. The third kappa shape index (κ3) is 4.60. The zero-order valence-corrected chi connectivity index (χ0v) is 10.0. The van der Waals surface area contributed by atoms with Gasteiger partial charge in [-0.1, -0.05) is 0 Å². The van der Waals surface area contributed by atoms with Gasteiger partial charge in [0.1, 0.15) is 5.82 Å². The zero-order chi connectivity index (χ0) is 13.8. The van der Waals surface area contributed by atoms with Crippen molar-refractivity contribution in [3.63, 3.8) is 0 Å². The molecule has 0 radical (unpaired) electrons. The molecule has 2 N–H and O–H groups in total. The van der Waals surface area contributed by atoms with Gasteiger partial charge >= 0.3 is 6.18 Å². The van der Waals surface area contributed by atoms with Crippen molar-refractivity contribution >= 4 is 11.7 Å². The number of rotatable bonds is 4. The molecule has 7 heteroatoms. The van der Waals surface area contributed by atoms with E-state index in [9.17, 15) is 18.0 Å². The van der Waals surface area contributed by atoms with Crippen LogP contribution in [0.1, 0.15) is 23.7 Å². The first-order chi connectivity index (χ1) is 8.31. The van der Waals surface area contributed by atoms with E-state index in [0.717, 1.165) is 0 Å². The Morgan fingerprint density at radius 2 is 2.17 bits per heavy atom. The van der Waals surface area contributed by atoms with Crippen LogP contribution in [0.3, 0.4) is 0 Å². The van der Waals surface area contributed by atoms with Gasteiger partial charge in [-0.25, -0.2) is 4.98 Å². The number of anilines is 1. The number of aromatic nitrogens is 1. The monoisotopic (exact) mass is 261 g/mol. The number of carbonyl (C=O) groups excluding carboxylic acids is 1. The third-order valence-electron chi connectivity index (χ3n) is 2.19. The van der Waals surface area contributed by atoms with Gasteiger partial charge in [0.25, 0.3) is 5.91 Å². The molecule has 1 heterocycles. The minimum atomic E-state index is -4.29. The molecule has 0 saturated carbocycles. The Bertz CT molecular complexity index is 420. The average molecular weight is 261 g/mol. The lowest BCUT2D eigenvalue weighted by Crippen LogP contribution is -2.35. The number of carbonyl (C=O) groups is 1. The average Bonchev–Trinajstić information content (AvgIpc) is 2.26. The van der Waals surface area contributed by atoms with Crippen molar-refractivity contribution in [2.75, 3.05) is 12.4 Å². The van der Waals surface area contributed by atoms with Gasteiger partial charge in [-0.3, -0.25) is 4.79 Å². The Morgan fingerprint density at radius 1 is 1.50 bits per heavy atom. The van der Waals surface area contributed by atoms with Gasteiger partial charge in [0.15, 0.2) is 0 Å². The van der Waals surface area contributed by atoms with Crippen LogP contribution >= 0.6 is 0 Å². The fourth-order valence-corrected chi connectivity index (χ4v) is 1.41. The van der Waals surface area contributed by atoms with E-state index in [1.54, 1.807) is 7.05 Å². The van der Waals surface area contributed by atoms with Crippen LogP contribution in [0, 0.1) is 0 Å². The van der Waals surface area contributed by atoms with Gasteiger partial charge in [-0.05, 0) is 19.1 Å². The molecule has 18 heavy (non-hydrogen) atoms. The second kappa shape index (κ2) is 5.70. The molecular formula is C11H14F3N3O. The van der Waals surface area contributed by atoms with Gasteiger partial charge in [-0.2, -0.15) is 13.2 Å². The molecule has 0 aromatic carbocycles. The van der Waals surface area contributed by atoms with Gasteiger partial charge in [0.05, 0.1) is 6.42 Å². The Kier molecular flexibility index (Phi) is 4.52. The maximum Gasteiger partial charge on any atom is 0.391 e. The molecule has 4 nitrogen and oxygen atoms in total. The summed E-state index contributed by atoms with van der Waals surface area (Å²) in [6, 6.07) is 1.94. The molecule has 0 aliphatic rings. The normalized spacial score (nSPS) is 12.9. The van der Waals surface area contributed by atoms with Crippen LogP contribution < -0.4 is 10.6 Å². The largest absolute Gasteiger partial charge is 0.391 e. The van der Waals surface area contributed by atoms with E-state index < -0.39 is 24.5 Å². The van der Waals surface area contributed by atoms with Crippen molar-refractivity contribution in [1.29, 1.82) is 0 Å². The number of halogens is 3. The lowest BCUT2D eigenvalue weighted by Gasteiger charge is -2.15. The zero-order valence-electron chi connectivity index (χ0n) is 10.0. The first kappa shape index (κ1) is 14.3. The molecule has 1 aromatic rings. The minimum Gasteiger partial charge on any atom is -0.373 e. The summed E-state index contributed by atoms with van der Waals surface area (Å²) in [6.45, 7) is 1.31. The molecule has 1 aromatic heterocycles. The summed E-state index contributed by atoms with van der Waals surface area (Å²) in [5.74, 6) is -0.0724. The maximum atomic E-state index is 12.1. The lowest BCUT2D eigenvalue weighted by molar-refractivity contribution is -0.138. The number of hydrogen-bond donors (Lipinski definition) is 2. The molecule has 0 saturated heterocycles. The van der Waals surface area contributed by atoms with Crippen molar-refractivity contribution in [2.24, 2.45) is 0 Å². The molecule has 1 unspecified atom stereocenters. The Hall–Kier alpha value is -1.79. The number of amides is 1. The van der Waals surface area contributed by atoms with Crippen molar-refractivity contribution in [1.82, 2.24) is 10.3 Å². The highest BCUT2D eigenvalue weighted by Gasteiger charge is 2.30. The van der Waals surface area contributed by atoms with Crippen molar-refractivity contribution < 1.29 is 18.0 Å². The second-order valence-corrected chi connectivity index (χ2v) is 3.87. The fourth-order valence-electron chi connectivity index (χ4n) is 1.41. The summed E-state index contributed by atoms with van der Waals surface area (Å²) in [5, 5.41) is 5.03. The van der Waals surface area contributed by atoms with Gasteiger partial charge < -0.3 is 10.6 Å². The topological polar surface area (TPSA) is 54.0 Å². The maximum absolute atomic E-state index is 12.1. The first-order valence-electron chi connectivity index (χ1n) is 5.33. The van der Waals surface area contributed by atoms with E-state index in [1.165, 1.54) is 25.3 Å². The van der Waals surface area contributed by atoms with Crippen molar-refractivity contribution in [3.8, 4) is 0 Å². The molecule has 100 valence electrons. The van der Waals surface area contributed by atoms with Gasteiger partial charge in [0.2, 0.25) is 0 Å². The van der Waals surface area contributed by atoms with Gasteiger partial charge in [0, 0.05) is 24.8 Å². The Labute approximate surface area is 103 Å². The third-order valence-corrected chi connectivity index (χ3v) is 2.19. The highest BCUT2D eigenvalue weighted by Crippen LogP contribution is 2.21. The molecular weight excluding hydrogens is 247 g/mol. The summed E-state index contributed by atoms with van der Waals surface area (Å²) in [4.78, 5) is 15.6. The lowest BCUT2D eigenvalue weighted by atomic mass is 10.2. The molecule has 0 bridgehead atoms. The first-order valence-corrected chi connectivity index (χ1v) is 5.33. The summed E-state index contributed by atoms with van der Waals surface area (Å²) in [6.07, 6.45) is -3.93. The highest BCUT2D eigenvalue weighted by molar-refractivity contribution is 5.94. The number of nitrogens with zero attached hydrogens (tertiary/aromatic N) is 1. The number of alkyl halides is 3. The van der Waals surface area contributed by atoms with Crippen LogP contribution in [0.25, 0.3) is 0 Å². The number of pyridine rings is 1. The van der Waals surface area contributed by atoms with Crippen LogP contribution in [-0.2, 0) is 0 Å². The summed E-state index contributed by atoms with van der Waals surface area (Å²) >= 11 is 0. The second-order valence-electron chi connectivity index (χ2n) is 3.87. The molecule has 1 rings (SSSR count). The van der Waals surface area contributed by atoms with E-state index in [1.807, 2.05) is 0 Å². The molecule has 0 spiro atoms. The number of nitrogens with one attached hydrogen (secondary N) is 2. The van der Waals surface area contributed by atoms with E-state index in [4.69, 9.17) is 0 Å². The smallest absolute Gasteiger partial charge is 0.373 e. The standard InChI is InChI=1S/C11H14F3N3O/c1-7(6-11(12,13)14)17-10(18)8-3-4-16-9(5-8)15-2/h3-5,7H,6H2,1-2H3,(H,15,16)(H,17,18). The van der Waals surface area contributed by atoms with Crippen LogP contribution in [-0.4, -0.2) is 30.2 Å². The summed E-state index contributed by atoms with van der Waals surface area (Å²) in [7, 11) is 1.64. The molecule has 0 fully saturated rings. The quantitative estimate of drug-likeness (QED) is 0.873. The summed E-state index contributed by atoms with van der Waals surface area (Å²) in [5.41, 5.74) is 0.267. The van der Waals surface area contributed by atoms with Crippen LogP contribution in [0.2, 0.25) is 0 Å². The number of hydrogen-bond acceptors (Lipinski definition) is 3. The molecule has 0 aliphatic carbocycles. The molecule has 1 amide bonds. The Balaban J connectivity index is 2.64. The van der Waals surface area contributed by atoms with Crippen molar-refractivity contribution in [3.05, 3.63) is 23.9 Å². The summed E-state index contributed by atoms with van der Waals surface area (Å²) < 4.78 is 36.3.